The number of amides is 3. The first-order chi connectivity index (χ1) is 14.4. The topological polar surface area (TPSA) is 77.0 Å². The van der Waals surface area contributed by atoms with Crippen molar-refractivity contribution in [2.75, 3.05) is 18.0 Å². The molecule has 0 spiro atoms. The second-order valence-electron chi connectivity index (χ2n) is 8.78. The van der Waals surface area contributed by atoms with Gasteiger partial charge in [0.1, 0.15) is 0 Å². The Labute approximate surface area is 179 Å². The Hall–Kier alpha value is -2.41. The molecular formula is C23H35N5O2. The lowest BCUT2D eigenvalue weighted by atomic mass is 9.96. The highest BCUT2D eigenvalue weighted by atomic mass is 16.2. The fraction of sp³-hybridized carbons (Fsp3) is 0.609. The minimum atomic E-state index is -0.344. The molecule has 1 aromatic rings. The van der Waals surface area contributed by atoms with Crippen LogP contribution in [0.5, 0.6) is 0 Å². The molecule has 3 amide bonds. The maximum atomic E-state index is 13.1. The summed E-state index contributed by atoms with van der Waals surface area (Å²) >= 11 is 0. The van der Waals surface area contributed by atoms with Crippen LogP contribution in [-0.2, 0) is 4.79 Å². The van der Waals surface area contributed by atoms with Crippen LogP contribution in [0.2, 0.25) is 0 Å². The molecule has 0 unspecified atom stereocenters. The number of hydrogen-bond acceptors (Lipinski definition) is 4. The lowest BCUT2D eigenvalue weighted by Gasteiger charge is -2.32. The van der Waals surface area contributed by atoms with Gasteiger partial charge in [-0.2, -0.15) is 5.10 Å². The average Bonchev–Trinajstić information content (AvgIpc) is 2.98. The normalized spacial score (nSPS) is 18.6. The number of nitrogens with one attached hydrogen (secondary N) is 2. The summed E-state index contributed by atoms with van der Waals surface area (Å²) in [6.07, 6.45) is 5.52. The SMILES string of the molecule is CC(C)N(CCN1C(=O)C(=NNC(=O)NC2CCCCC2)c2ccccc21)C(C)C. The molecule has 1 aliphatic carbocycles. The second kappa shape index (κ2) is 10.1. The Bertz CT molecular complexity index is 776. The summed E-state index contributed by atoms with van der Waals surface area (Å²) in [7, 11) is 0. The quantitative estimate of drug-likeness (QED) is 0.672. The number of fused-ring (bicyclic) bond motifs is 1. The fourth-order valence-corrected chi connectivity index (χ4v) is 4.49. The summed E-state index contributed by atoms with van der Waals surface area (Å²) in [6.45, 7) is 10.0. The number of carbonyl (C=O) groups is 2. The predicted molar refractivity (Wildman–Crippen MR) is 121 cm³/mol. The minimum Gasteiger partial charge on any atom is -0.334 e. The Kier molecular flexibility index (Phi) is 7.48. The summed E-state index contributed by atoms with van der Waals surface area (Å²) in [5, 5.41) is 7.18. The van der Waals surface area contributed by atoms with Crippen molar-refractivity contribution in [3.63, 3.8) is 0 Å². The Morgan fingerprint density at radius 3 is 2.47 bits per heavy atom. The molecule has 1 saturated carbocycles. The van der Waals surface area contributed by atoms with Crippen LogP contribution in [0.4, 0.5) is 10.5 Å². The van der Waals surface area contributed by atoms with Crippen LogP contribution >= 0.6 is 0 Å². The van der Waals surface area contributed by atoms with E-state index in [1.165, 1.54) is 6.42 Å². The van der Waals surface area contributed by atoms with Crippen molar-refractivity contribution in [2.24, 2.45) is 5.10 Å². The zero-order valence-corrected chi connectivity index (χ0v) is 18.6. The lowest BCUT2D eigenvalue weighted by Crippen LogP contribution is -2.44. The van der Waals surface area contributed by atoms with Crippen LogP contribution in [0.1, 0.15) is 65.4 Å². The van der Waals surface area contributed by atoms with E-state index in [0.717, 1.165) is 43.5 Å². The van der Waals surface area contributed by atoms with E-state index in [-0.39, 0.29) is 18.0 Å². The van der Waals surface area contributed by atoms with Crippen LogP contribution < -0.4 is 15.6 Å². The minimum absolute atomic E-state index is 0.165. The molecule has 2 aliphatic rings. The number of anilines is 1. The molecule has 164 valence electrons. The van der Waals surface area contributed by atoms with Crippen LogP contribution in [0.15, 0.2) is 29.4 Å². The first-order valence-electron chi connectivity index (χ1n) is 11.2. The van der Waals surface area contributed by atoms with Gasteiger partial charge in [0.25, 0.3) is 5.91 Å². The number of nitrogens with zero attached hydrogens (tertiary/aromatic N) is 3. The molecule has 0 saturated heterocycles. The highest BCUT2D eigenvalue weighted by molar-refractivity contribution is 6.54. The summed E-state index contributed by atoms with van der Waals surface area (Å²) < 4.78 is 0. The first-order valence-corrected chi connectivity index (χ1v) is 11.2. The van der Waals surface area contributed by atoms with Gasteiger partial charge in [-0.15, -0.1) is 0 Å². The summed E-state index contributed by atoms with van der Waals surface area (Å²) in [4.78, 5) is 29.5. The maximum absolute atomic E-state index is 13.1. The maximum Gasteiger partial charge on any atom is 0.335 e. The number of hydrogen-bond donors (Lipinski definition) is 2. The van der Waals surface area contributed by atoms with Gasteiger partial charge < -0.3 is 10.2 Å². The van der Waals surface area contributed by atoms with E-state index < -0.39 is 0 Å². The average molecular weight is 414 g/mol. The van der Waals surface area contributed by atoms with E-state index in [9.17, 15) is 9.59 Å². The van der Waals surface area contributed by atoms with Crippen LogP contribution in [0, 0.1) is 0 Å². The number of rotatable bonds is 7. The van der Waals surface area contributed by atoms with Crippen molar-refractivity contribution in [2.45, 2.75) is 77.9 Å². The third-order valence-electron chi connectivity index (χ3n) is 6.02. The Balaban J connectivity index is 1.69. The van der Waals surface area contributed by atoms with Gasteiger partial charge in [-0.3, -0.25) is 9.69 Å². The molecule has 2 N–H and O–H groups in total. The second-order valence-corrected chi connectivity index (χ2v) is 8.78. The molecule has 1 aliphatic heterocycles. The van der Waals surface area contributed by atoms with Gasteiger partial charge >= 0.3 is 6.03 Å². The number of carbonyl (C=O) groups excluding carboxylic acids is 2. The van der Waals surface area contributed by atoms with E-state index in [2.05, 4.69) is 48.4 Å². The first kappa shape index (κ1) is 22.3. The van der Waals surface area contributed by atoms with Gasteiger partial charge in [0, 0.05) is 36.8 Å². The van der Waals surface area contributed by atoms with Gasteiger partial charge in [0.05, 0.1) is 5.69 Å². The molecule has 0 radical (unpaired) electrons. The molecule has 3 rings (SSSR count). The van der Waals surface area contributed by atoms with E-state index in [4.69, 9.17) is 0 Å². The van der Waals surface area contributed by atoms with Crippen molar-refractivity contribution < 1.29 is 9.59 Å². The molecule has 7 heteroatoms. The molecule has 7 nitrogen and oxygen atoms in total. The van der Waals surface area contributed by atoms with Gasteiger partial charge in [-0.25, -0.2) is 10.2 Å². The van der Waals surface area contributed by atoms with Gasteiger partial charge in [-0.1, -0.05) is 37.5 Å². The van der Waals surface area contributed by atoms with E-state index in [0.29, 0.717) is 24.3 Å². The molecule has 0 bridgehead atoms. The third kappa shape index (κ3) is 5.19. The van der Waals surface area contributed by atoms with Crippen LogP contribution in [0.25, 0.3) is 0 Å². The van der Waals surface area contributed by atoms with E-state index in [1.807, 2.05) is 24.3 Å². The zero-order chi connectivity index (χ0) is 21.7. The number of hydrazone groups is 1. The van der Waals surface area contributed by atoms with Crippen LogP contribution in [-0.4, -0.2) is 53.8 Å². The van der Waals surface area contributed by atoms with Gasteiger partial charge in [0.15, 0.2) is 5.71 Å². The van der Waals surface area contributed by atoms with Gasteiger partial charge in [0.2, 0.25) is 0 Å². The zero-order valence-electron chi connectivity index (χ0n) is 18.6. The number of urea groups is 1. The van der Waals surface area contributed by atoms with E-state index in [1.54, 1.807) is 4.90 Å². The van der Waals surface area contributed by atoms with Crippen molar-refractivity contribution in [3.05, 3.63) is 29.8 Å². The van der Waals surface area contributed by atoms with E-state index >= 15 is 0 Å². The van der Waals surface area contributed by atoms with Crippen molar-refractivity contribution in [1.29, 1.82) is 0 Å². The number of benzene rings is 1. The number of para-hydroxylation sites is 1. The van der Waals surface area contributed by atoms with Crippen LogP contribution in [0.3, 0.4) is 0 Å². The Morgan fingerprint density at radius 2 is 1.80 bits per heavy atom. The highest BCUT2D eigenvalue weighted by Crippen LogP contribution is 2.29. The fourth-order valence-electron chi connectivity index (χ4n) is 4.49. The predicted octanol–water partition coefficient (Wildman–Crippen LogP) is 3.49. The van der Waals surface area contributed by atoms with Gasteiger partial charge in [-0.05, 0) is 46.6 Å². The lowest BCUT2D eigenvalue weighted by molar-refractivity contribution is -0.112. The highest BCUT2D eigenvalue weighted by Gasteiger charge is 2.34. The summed E-state index contributed by atoms with van der Waals surface area (Å²) in [6, 6.07) is 8.29. The Morgan fingerprint density at radius 1 is 1.13 bits per heavy atom. The van der Waals surface area contributed by atoms with Crippen molar-refractivity contribution in [3.8, 4) is 0 Å². The molecular weight excluding hydrogens is 378 g/mol. The molecule has 0 atom stereocenters. The monoisotopic (exact) mass is 413 g/mol. The third-order valence-corrected chi connectivity index (χ3v) is 6.02. The smallest absolute Gasteiger partial charge is 0.334 e. The van der Waals surface area contributed by atoms with Crippen molar-refractivity contribution in [1.82, 2.24) is 15.6 Å². The molecule has 1 aromatic carbocycles. The molecule has 1 heterocycles. The summed E-state index contributed by atoms with van der Waals surface area (Å²) in [5.74, 6) is -0.165. The molecule has 0 aromatic heterocycles. The summed E-state index contributed by atoms with van der Waals surface area (Å²) in [5.41, 5.74) is 4.46. The molecule has 30 heavy (non-hydrogen) atoms. The van der Waals surface area contributed by atoms with Crippen molar-refractivity contribution >= 4 is 23.3 Å². The molecule has 1 fully saturated rings. The standard InChI is InChI=1S/C23H35N5O2/c1-16(2)27(17(3)4)14-15-28-20-13-9-8-12-19(20)21(22(28)29)25-26-23(30)24-18-10-6-5-7-11-18/h8-9,12-13,16-18H,5-7,10-11,14-15H2,1-4H3,(H2,24,26,30). The largest absolute Gasteiger partial charge is 0.335 e.